The van der Waals surface area contributed by atoms with Crippen LogP contribution in [0.5, 0.6) is 5.75 Å². The number of aliphatic imine (C=N–C) groups is 1. The average Bonchev–Trinajstić information content (AvgIpc) is 2.65. The van der Waals surface area contributed by atoms with Gasteiger partial charge in [0.1, 0.15) is 12.4 Å². The van der Waals surface area contributed by atoms with E-state index >= 15 is 0 Å². The first-order valence-electron chi connectivity index (χ1n) is 8.22. The smallest absolute Gasteiger partial charge is 0.193 e. The molecule has 0 bridgehead atoms. The largest absolute Gasteiger partial charge is 0.489 e. The van der Waals surface area contributed by atoms with Crippen LogP contribution < -0.4 is 10.1 Å². The van der Waals surface area contributed by atoms with Crippen molar-refractivity contribution in [3.05, 3.63) is 65.2 Å². The van der Waals surface area contributed by atoms with Crippen LogP contribution in [0.25, 0.3) is 0 Å². The van der Waals surface area contributed by atoms with Gasteiger partial charge in [-0.15, -0.1) is 24.0 Å². The van der Waals surface area contributed by atoms with Crippen LogP contribution in [0.3, 0.4) is 0 Å². The van der Waals surface area contributed by atoms with Gasteiger partial charge >= 0.3 is 0 Å². The van der Waals surface area contributed by atoms with Gasteiger partial charge in [0.05, 0.1) is 13.2 Å². The van der Waals surface area contributed by atoms with Crippen molar-refractivity contribution in [1.29, 1.82) is 0 Å². The molecule has 2 rings (SSSR count). The van der Waals surface area contributed by atoms with E-state index in [2.05, 4.69) is 10.3 Å². The predicted molar refractivity (Wildman–Crippen MR) is 112 cm³/mol. The number of rotatable bonds is 7. The fourth-order valence-electron chi connectivity index (χ4n) is 2.39. The number of benzene rings is 2. The Bertz CT molecular complexity index is 759. The summed E-state index contributed by atoms with van der Waals surface area (Å²) in [5.74, 6) is 0.0143. The maximum atomic E-state index is 13.5. The zero-order chi connectivity index (χ0) is 18.9. The Hall–Kier alpha value is -1.94. The number of aliphatic hydroxyl groups is 1. The van der Waals surface area contributed by atoms with E-state index in [1.165, 1.54) is 12.1 Å². The minimum atomic E-state index is -0.428. The third kappa shape index (κ3) is 6.94. The average molecular weight is 491 g/mol. The summed E-state index contributed by atoms with van der Waals surface area (Å²) >= 11 is 0. The number of nitrogens with zero attached hydrogens (tertiary/aromatic N) is 2. The van der Waals surface area contributed by atoms with Crippen LogP contribution in [-0.2, 0) is 13.2 Å². The van der Waals surface area contributed by atoms with Gasteiger partial charge in [-0.25, -0.2) is 8.78 Å². The molecular weight excluding hydrogens is 467 g/mol. The van der Waals surface area contributed by atoms with Crippen LogP contribution in [0.2, 0.25) is 0 Å². The minimum absolute atomic E-state index is 0. The highest BCUT2D eigenvalue weighted by atomic mass is 127. The molecule has 0 aliphatic carbocycles. The second-order valence-electron chi connectivity index (χ2n) is 5.69. The highest BCUT2D eigenvalue weighted by molar-refractivity contribution is 14.0. The number of guanidine groups is 1. The molecule has 27 heavy (non-hydrogen) atoms. The van der Waals surface area contributed by atoms with Crippen molar-refractivity contribution in [1.82, 2.24) is 10.2 Å². The Balaban J connectivity index is 0.00000364. The summed E-state index contributed by atoms with van der Waals surface area (Å²) in [6, 6.07) is 10.8. The first kappa shape index (κ1) is 23.1. The Labute approximate surface area is 175 Å². The van der Waals surface area contributed by atoms with Crippen molar-refractivity contribution in [3.8, 4) is 5.75 Å². The standard InChI is InChI=1S/C19H23F2N3O2.HI/c1-22-19(23-12-14-7-8-16(20)15(11-14)13-25)24(2)9-10-26-18-6-4-3-5-17(18)21;/h3-8,11,25H,9-10,12-13H2,1-2H3,(H,22,23);1H. The Morgan fingerprint density at radius 1 is 1.19 bits per heavy atom. The van der Waals surface area contributed by atoms with Gasteiger partial charge in [-0.3, -0.25) is 4.99 Å². The Morgan fingerprint density at radius 2 is 1.93 bits per heavy atom. The third-order valence-corrected chi connectivity index (χ3v) is 3.83. The Kier molecular flexibility index (Phi) is 10.0. The number of nitrogens with one attached hydrogen (secondary N) is 1. The molecule has 0 spiro atoms. The lowest BCUT2D eigenvalue weighted by Crippen LogP contribution is -2.40. The van der Waals surface area contributed by atoms with E-state index in [9.17, 15) is 8.78 Å². The number of para-hydroxylation sites is 1. The maximum Gasteiger partial charge on any atom is 0.193 e. The lowest BCUT2D eigenvalue weighted by atomic mass is 10.1. The summed E-state index contributed by atoms with van der Waals surface area (Å²) < 4.78 is 32.4. The van der Waals surface area contributed by atoms with Gasteiger partial charge in [-0.2, -0.15) is 0 Å². The first-order chi connectivity index (χ1) is 12.5. The molecule has 8 heteroatoms. The molecule has 148 valence electrons. The molecular formula is C19H24F2IN3O2. The first-order valence-corrected chi connectivity index (χ1v) is 8.22. The summed E-state index contributed by atoms with van der Waals surface area (Å²) in [5, 5.41) is 12.3. The lowest BCUT2D eigenvalue weighted by molar-refractivity contribution is 0.270. The zero-order valence-corrected chi connectivity index (χ0v) is 17.6. The molecule has 2 aromatic carbocycles. The number of likely N-dealkylation sites (N-methyl/N-ethyl adjacent to an activating group) is 1. The quantitative estimate of drug-likeness (QED) is 0.355. The van der Waals surface area contributed by atoms with Crippen LogP contribution in [0, 0.1) is 11.6 Å². The van der Waals surface area contributed by atoms with Crippen LogP contribution in [-0.4, -0.2) is 43.2 Å². The summed E-state index contributed by atoms with van der Waals surface area (Å²) in [6.07, 6.45) is 0. The van der Waals surface area contributed by atoms with Gasteiger partial charge < -0.3 is 20.1 Å². The van der Waals surface area contributed by atoms with Gasteiger partial charge in [0, 0.05) is 26.2 Å². The number of hydrogen-bond donors (Lipinski definition) is 2. The van der Waals surface area contributed by atoms with Crippen LogP contribution in [0.15, 0.2) is 47.5 Å². The summed E-state index contributed by atoms with van der Waals surface area (Å²) in [4.78, 5) is 6.03. The van der Waals surface area contributed by atoms with Crippen molar-refractivity contribution >= 4 is 29.9 Å². The van der Waals surface area contributed by atoms with E-state index in [4.69, 9.17) is 9.84 Å². The molecule has 0 saturated heterocycles. The monoisotopic (exact) mass is 491 g/mol. The molecule has 0 aliphatic rings. The van der Waals surface area contributed by atoms with E-state index in [1.807, 2.05) is 11.9 Å². The number of halogens is 3. The third-order valence-electron chi connectivity index (χ3n) is 3.83. The molecule has 0 unspecified atom stereocenters. The van der Waals surface area contributed by atoms with Crippen LogP contribution in [0.4, 0.5) is 8.78 Å². The molecule has 0 aliphatic heterocycles. The maximum absolute atomic E-state index is 13.5. The predicted octanol–water partition coefficient (Wildman–Crippen LogP) is 3.16. The van der Waals surface area contributed by atoms with Gasteiger partial charge in [0.25, 0.3) is 0 Å². The van der Waals surface area contributed by atoms with E-state index in [0.717, 1.165) is 5.56 Å². The summed E-state index contributed by atoms with van der Waals surface area (Å²) in [6.45, 7) is 0.878. The van der Waals surface area contributed by atoms with Crippen molar-refractivity contribution < 1.29 is 18.6 Å². The topological polar surface area (TPSA) is 57.1 Å². The van der Waals surface area contributed by atoms with Crippen LogP contribution >= 0.6 is 24.0 Å². The lowest BCUT2D eigenvalue weighted by Gasteiger charge is -2.22. The van der Waals surface area contributed by atoms with E-state index < -0.39 is 11.6 Å². The zero-order valence-electron chi connectivity index (χ0n) is 15.3. The molecule has 0 heterocycles. The van der Waals surface area contributed by atoms with Crippen LogP contribution in [0.1, 0.15) is 11.1 Å². The molecule has 0 aromatic heterocycles. The molecule has 0 fully saturated rings. The van der Waals surface area contributed by atoms with Gasteiger partial charge in [-0.1, -0.05) is 18.2 Å². The van der Waals surface area contributed by atoms with Crippen molar-refractivity contribution in [3.63, 3.8) is 0 Å². The normalized spacial score (nSPS) is 10.9. The summed E-state index contributed by atoms with van der Waals surface area (Å²) in [7, 11) is 3.49. The molecule has 0 radical (unpaired) electrons. The molecule has 5 nitrogen and oxygen atoms in total. The fourth-order valence-corrected chi connectivity index (χ4v) is 2.39. The molecule has 2 N–H and O–H groups in total. The number of ether oxygens (including phenoxy) is 1. The van der Waals surface area contributed by atoms with Gasteiger partial charge in [0.15, 0.2) is 17.5 Å². The highest BCUT2D eigenvalue weighted by Gasteiger charge is 2.08. The molecule has 0 amide bonds. The fraction of sp³-hybridized carbons (Fsp3) is 0.316. The Morgan fingerprint density at radius 3 is 2.59 bits per heavy atom. The second kappa shape index (κ2) is 11.7. The van der Waals surface area contributed by atoms with Crippen molar-refractivity contribution in [2.45, 2.75) is 13.2 Å². The SMILES string of the molecule is CN=C(NCc1ccc(F)c(CO)c1)N(C)CCOc1ccccc1F.I. The van der Waals surface area contributed by atoms with E-state index in [0.29, 0.717) is 25.7 Å². The molecule has 0 saturated carbocycles. The number of aliphatic hydroxyl groups excluding tert-OH is 1. The van der Waals surface area contributed by atoms with Gasteiger partial charge in [-0.05, 0) is 29.8 Å². The summed E-state index contributed by atoms with van der Waals surface area (Å²) in [5.41, 5.74) is 1.08. The molecule has 2 aromatic rings. The second-order valence-corrected chi connectivity index (χ2v) is 5.69. The highest BCUT2D eigenvalue weighted by Crippen LogP contribution is 2.15. The van der Waals surface area contributed by atoms with E-state index in [-0.39, 0.29) is 41.9 Å². The van der Waals surface area contributed by atoms with Gasteiger partial charge in [0.2, 0.25) is 0 Å². The number of hydrogen-bond acceptors (Lipinski definition) is 3. The van der Waals surface area contributed by atoms with Crippen molar-refractivity contribution in [2.75, 3.05) is 27.2 Å². The van der Waals surface area contributed by atoms with E-state index in [1.54, 1.807) is 37.4 Å². The molecule has 0 atom stereocenters. The minimum Gasteiger partial charge on any atom is -0.489 e. The van der Waals surface area contributed by atoms with Crippen molar-refractivity contribution in [2.24, 2.45) is 4.99 Å².